The van der Waals surface area contributed by atoms with Crippen molar-refractivity contribution in [2.75, 3.05) is 0 Å². The van der Waals surface area contributed by atoms with Gasteiger partial charge in [-0.3, -0.25) is 0 Å². The lowest BCUT2D eigenvalue weighted by Crippen LogP contribution is -2.13. The molecule has 0 aliphatic heterocycles. The highest BCUT2D eigenvalue weighted by Gasteiger charge is 2.14. The fourth-order valence-corrected chi connectivity index (χ4v) is 4.42. The first-order valence-corrected chi connectivity index (χ1v) is 7.69. The number of hydrogen-bond acceptors (Lipinski definition) is 0. The maximum atomic E-state index is 2.43. The summed E-state index contributed by atoms with van der Waals surface area (Å²) in [5.74, 6) is 1.01. The zero-order chi connectivity index (χ0) is 8.69. The molecule has 0 saturated carbocycles. The Balaban J connectivity index is 3.44. The van der Waals surface area contributed by atoms with Crippen LogP contribution in [-0.4, -0.2) is 14.1 Å². The molecule has 0 amide bonds. The molecule has 0 aromatic heterocycles. The monoisotopic (exact) mass is 170 g/mol. The largest absolute Gasteiger partial charge is 0.261 e. The Labute approximate surface area is 76.8 Å². The molecule has 0 nitrogen and oxygen atoms in total. The summed E-state index contributed by atoms with van der Waals surface area (Å²) >= 11 is -0.282. The van der Waals surface area contributed by atoms with Gasteiger partial charge in [-0.05, 0) is 0 Å². The molecule has 0 heterocycles. The van der Waals surface area contributed by atoms with Gasteiger partial charge >= 0.3 is 0 Å². The lowest BCUT2D eigenvalue weighted by atomic mass is 10.1. The van der Waals surface area contributed by atoms with E-state index in [1.54, 1.807) is 5.28 Å². The summed E-state index contributed by atoms with van der Waals surface area (Å²) in [7, 11) is 0. The zero-order valence-electron chi connectivity index (χ0n) is 8.69. The van der Waals surface area contributed by atoms with Crippen LogP contribution in [0.3, 0.4) is 0 Å². The van der Waals surface area contributed by atoms with Crippen molar-refractivity contribution in [3.63, 3.8) is 0 Å². The minimum Gasteiger partial charge on any atom is -0.0967 e. The quantitative estimate of drug-likeness (QED) is 0.529. The van der Waals surface area contributed by atoms with Crippen molar-refractivity contribution in [3.8, 4) is 0 Å². The maximum absolute atomic E-state index is 2.43. The van der Waals surface area contributed by atoms with E-state index in [0.29, 0.717) is 0 Å². The molecule has 1 unspecified atom stereocenters. The van der Waals surface area contributed by atoms with Gasteiger partial charge in [-0.15, -0.1) is 0 Å². The van der Waals surface area contributed by atoms with Gasteiger partial charge in [0.05, 0.1) is 0 Å². The first-order valence-electron chi connectivity index (χ1n) is 5.24. The van der Waals surface area contributed by atoms with E-state index in [1.807, 2.05) is 0 Å². The second-order valence-electron chi connectivity index (χ2n) is 3.81. The van der Waals surface area contributed by atoms with Gasteiger partial charge in [0, 0.05) is 0 Å². The lowest BCUT2D eigenvalue weighted by Gasteiger charge is -2.13. The molecule has 0 aromatic rings. The van der Waals surface area contributed by atoms with E-state index in [4.69, 9.17) is 0 Å². The fraction of sp³-hybridized carbons (Fsp3) is 1.00. The Hall–Kier alpha value is 0.532. The number of rotatable bonds is 6. The second kappa shape index (κ2) is 7.20. The van der Waals surface area contributed by atoms with Crippen molar-refractivity contribution in [2.45, 2.75) is 56.4 Å². The van der Waals surface area contributed by atoms with Crippen LogP contribution in [-0.2, 0) is 0 Å². The summed E-state index contributed by atoms with van der Waals surface area (Å²) in [5, 5.41) is 4.59. The third-order valence-corrected chi connectivity index (χ3v) is 6.45. The van der Waals surface area contributed by atoms with Crippen LogP contribution in [0.5, 0.6) is 0 Å². The predicted octanol–water partition coefficient (Wildman–Crippen LogP) is 3.96. The molecule has 0 aliphatic carbocycles. The molecule has 11 heavy (non-hydrogen) atoms. The molecule has 0 spiro atoms. The van der Waals surface area contributed by atoms with Crippen LogP contribution >= 0.6 is 0 Å². The maximum Gasteiger partial charge on any atom is 0.261 e. The molecule has 66 valence electrons. The fourth-order valence-electron chi connectivity index (χ4n) is 1.80. The van der Waals surface area contributed by atoms with Crippen molar-refractivity contribution in [1.82, 2.24) is 0 Å². The van der Waals surface area contributed by atoms with Gasteiger partial charge in [-0.1, -0.05) is 62.3 Å². The van der Waals surface area contributed by atoms with E-state index in [1.165, 1.54) is 23.4 Å². The van der Waals surface area contributed by atoms with Crippen molar-refractivity contribution in [3.05, 3.63) is 0 Å². The highest BCUT2D eigenvalue weighted by atomic mass is 27.2. The lowest BCUT2D eigenvalue weighted by molar-refractivity contribution is 0.569. The van der Waals surface area contributed by atoms with Crippen LogP contribution < -0.4 is 0 Å². The van der Waals surface area contributed by atoms with Gasteiger partial charge < -0.3 is 0 Å². The molecule has 0 rings (SSSR count). The molecule has 0 radical (unpaired) electrons. The Morgan fingerprint density at radius 2 is 1.64 bits per heavy atom. The van der Waals surface area contributed by atoms with Crippen LogP contribution in [0.2, 0.25) is 15.8 Å². The molecular formula is C10H23Al. The van der Waals surface area contributed by atoms with Crippen molar-refractivity contribution in [2.24, 2.45) is 5.92 Å². The van der Waals surface area contributed by atoms with Crippen LogP contribution in [0, 0.1) is 5.92 Å². The highest BCUT2D eigenvalue weighted by molar-refractivity contribution is 6.58. The SMILES string of the molecule is CCCC(C)[CH2][Al]([CH2]C)[CH2]C. The first-order chi connectivity index (χ1) is 5.24. The Morgan fingerprint density at radius 1 is 1.09 bits per heavy atom. The predicted molar refractivity (Wildman–Crippen MR) is 55.6 cm³/mol. The molecule has 0 aromatic carbocycles. The van der Waals surface area contributed by atoms with Gasteiger partial charge in [-0.25, -0.2) is 0 Å². The zero-order valence-corrected chi connectivity index (χ0v) is 9.84. The second-order valence-corrected chi connectivity index (χ2v) is 7.65. The van der Waals surface area contributed by atoms with Gasteiger partial charge in [0.2, 0.25) is 0 Å². The standard InChI is InChI=1S/C6H13.2C2H5.Al/c1-4-5-6(2)3;2*1-2;/h6H,2,4-5H2,1,3H3;2*1H2,2H3;. The molecule has 0 N–H and O–H groups in total. The average molecular weight is 170 g/mol. The van der Waals surface area contributed by atoms with Crippen molar-refractivity contribution >= 4 is 14.1 Å². The van der Waals surface area contributed by atoms with Crippen molar-refractivity contribution < 1.29 is 0 Å². The summed E-state index contributed by atoms with van der Waals surface area (Å²) in [5.41, 5.74) is 0. The third kappa shape index (κ3) is 5.77. The minimum atomic E-state index is -0.282. The van der Waals surface area contributed by atoms with Gasteiger partial charge in [0.25, 0.3) is 14.1 Å². The smallest absolute Gasteiger partial charge is 0.0967 e. The van der Waals surface area contributed by atoms with E-state index in [9.17, 15) is 0 Å². The molecule has 0 bridgehead atoms. The minimum absolute atomic E-state index is 0.282. The Morgan fingerprint density at radius 3 is 2.00 bits per heavy atom. The van der Waals surface area contributed by atoms with E-state index < -0.39 is 0 Å². The molecular weight excluding hydrogens is 147 g/mol. The Kier molecular flexibility index (Phi) is 7.54. The summed E-state index contributed by atoms with van der Waals surface area (Å²) < 4.78 is 0. The molecule has 0 fully saturated rings. The van der Waals surface area contributed by atoms with Crippen molar-refractivity contribution in [1.29, 1.82) is 0 Å². The summed E-state index contributed by atoms with van der Waals surface area (Å²) in [6.07, 6.45) is 2.82. The van der Waals surface area contributed by atoms with Gasteiger partial charge in [0.15, 0.2) is 0 Å². The molecule has 0 saturated heterocycles. The highest BCUT2D eigenvalue weighted by Crippen LogP contribution is 2.17. The molecule has 0 aliphatic rings. The van der Waals surface area contributed by atoms with Crippen LogP contribution in [0.4, 0.5) is 0 Å². The van der Waals surface area contributed by atoms with E-state index in [2.05, 4.69) is 27.7 Å². The Bertz CT molecular complexity index is 76.9. The van der Waals surface area contributed by atoms with Crippen LogP contribution in [0.15, 0.2) is 0 Å². The normalized spacial score (nSPS) is 13.1. The van der Waals surface area contributed by atoms with Crippen LogP contribution in [0.1, 0.15) is 40.5 Å². The van der Waals surface area contributed by atoms with Gasteiger partial charge in [-0.2, -0.15) is 0 Å². The summed E-state index contributed by atoms with van der Waals surface area (Å²) in [6.45, 7) is 9.47. The molecule has 1 heteroatoms. The van der Waals surface area contributed by atoms with E-state index in [-0.39, 0.29) is 14.1 Å². The average Bonchev–Trinajstić information content (AvgIpc) is 2.01. The van der Waals surface area contributed by atoms with E-state index in [0.717, 1.165) is 5.92 Å². The summed E-state index contributed by atoms with van der Waals surface area (Å²) in [6, 6.07) is 0. The topological polar surface area (TPSA) is 0 Å². The van der Waals surface area contributed by atoms with E-state index >= 15 is 0 Å². The molecule has 1 atom stereocenters. The summed E-state index contributed by atoms with van der Waals surface area (Å²) in [4.78, 5) is 0. The number of hydrogen-bond donors (Lipinski definition) is 0. The van der Waals surface area contributed by atoms with Gasteiger partial charge in [0.1, 0.15) is 0 Å². The third-order valence-electron chi connectivity index (χ3n) is 2.67. The van der Waals surface area contributed by atoms with Crippen LogP contribution in [0.25, 0.3) is 0 Å². The first kappa shape index (κ1) is 11.5.